The third-order valence-corrected chi connectivity index (χ3v) is 6.30. The van der Waals surface area contributed by atoms with Crippen LogP contribution >= 0.6 is 0 Å². The number of phenols is 1. The van der Waals surface area contributed by atoms with Crippen LogP contribution in [0.5, 0.6) is 5.75 Å². The second-order valence-corrected chi connectivity index (χ2v) is 9.42. The third kappa shape index (κ3) is 5.52. The number of rotatable bonds is 9. The Morgan fingerprint density at radius 1 is 1.03 bits per heavy atom. The largest absolute Gasteiger partial charge is 0.508 e. The van der Waals surface area contributed by atoms with Gasteiger partial charge in [0.25, 0.3) is 0 Å². The van der Waals surface area contributed by atoms with E-state index in [1.165, 1.54) is 19.9 Å². The summed E-state index contributed by atoms with van der Waals surface area (Å²) in [5, 5.41) is 21.0. The van der Waals surface area contributed by atoms with Gasteiger partial charge in [0, 0.05) is 24.2 Å². The van der Waals surface area contributed by atoms with Crippen molar-refractivity contribution < 1.29 is 27.8 Å². The van der Waals surface area contributed by atoms with E-state index in [1.807, 2.05) is 19.9 Å². The predicted octanol–water partition coefficient (Wildman–Crippen LogP) is 5.45. The van der Waals surface area contributed by atoms with E-state index >= 15 is 0 Å². The lowest BCUT2D eigenvalue weighted by Crippen LogP contribution is -2.50. The predicted molar refractivity (Wildman–Crippen MR) is 123 cm³/mol. The highest BCUT2D eigenvalue weighted by molar-refractivity contribution is 5.76. The molecule has 0 aliphatic rings. The molecule has 186 valence electrons. The molecule has 0 radical (unpaired) electrons. The van der Waals surface area contributed by atoms with Crippen LogP contribution in [-0.2, 0) is 18.4 Å². The molecule has 5 nitrogen and oxygen atoms in total. The zero-order valence-electron chi connectivity index (χ0n) is 19.8. The molecule has 0 fully saturated rings. The highest BCUT2D eigenvalue weighted by atomic mass is 19.4. The summed E-state index contributed by atoms with van der Waals surface area (Å²) in [6, 6.07) is 8.23. The molecule has 1 aromatic carbocycles. The van der Waals surface area contributed by atoms with Crippen LogP contribution in [-0.4, -0.2) is 49.9 Å². The van der Waals surface area contributed by atoms with Gasteiger partial charge >= 0.3 is 6.18 Å². The lowest BCUT2D eigenvalue weighted by molar-refractivity contribution is -0.266. The normalized spacial score (nSPS) is 14.6. The average Bonchev–Trinajstić information content (AvgIpc) is 3.13. The zero-order valence-corrected chi connectivity index (χ0v) is 19.8. The van der Waals surface area contributed by atoms with Crippen LogP contribution in [0.3, 0.4) is 0 Å². The summed E-state index contributed by atoms with van der Waals surface area (Å²) in [7, 11) is 0. The van der Waals surface area contributed by atoms with E-state index in [4.69, 9.17) is 0 Å². The number of hydrogen-bond donors (Lipinski definition) is 3. The number of halogens is 4. The number of aromatic amines is 1. The van der Waals surface area contributed by atoms with Crippen LogP contribution in [0.1, 0.15) is 51.1 Å². The van der Waals surface area contributed by atoms with Crippen LogP contribution in [0.25, 0.3) is 11.0 Å². The lowest BCUT2D eigenvalue weighted by atomic mass is 9.73. The minimum Gasteiger partial charge on any atom is -0.508 e. The molecule has 0 aliphatic heterocycles. The minimum absolute atomic E-state index is 0.00506. The highest BCUT2D eigenvalue weighted by Crippen LogP contribution is 2.45. The number of hydrogen-bond acceptors (Lipinski definition) is 4. The van der Waals surface area contributed by atoms with Crippen molar-refractivity contribution in [1.82, 2.24) is 14.9 Å². The van der Waals surface area contributed by atoms with Crippen molar-refractivity contribution in [3.8, 4) is 5.75 Å². The molecule has 34 heavy (non-hydrogen) atoms. The quantitative estimate of drug-likeness (QED) is 0.355. The van der Waals surface area contributed by atoms with Crippen molar-refractivity contribution in [2.24, 2.45) is 0 Å². The molecule has 0 bridgehead atoms. The molecule has 3 rings (SSSR count). The maximum Gasteiger partial charge on any atom is 0.417 e. The molecule has 3 aromatic rings. The Morgan fingerprint density at radius 3 is 2.32 bits per heavy atom. The molecular formula is C25H31F4N3O2. The second kappa shape index (κ2) is 9.54. The molecule has 9 heteroatoms. The number of H-pyrrole nitrogens is 1. The molecule has 3 N–H and O–H groups in total. The van der Waals surface area contributed by atoms with Gasteiger partial charge < -0.3 is 15.2 Å². The van der Waals surface area contributed by atoms with E-state index in [2.05, 4.69) is 14.9 Å². The first kappa shape index (κ1) is 26.0. The maximum atomic E-state index is 14.1. The standard InChI is InChI=1S/C25H31F4N3O2/c1-5-32(6-2)14-17-8-9-20-21(30-17)12-18(31-20)13-24(34,25(27,28)29)15-23(3,4)19-11-16(26)7-10-22(19)33/h7-12,31,33-34H,5-6,13-15H2,1-4H3. The molecule has 0 saturated heterocycles. The van der Waals surface area contributed by atoms with Crippen LogP contribution in [0.4, 0.5) is 17.6 Å². The molecule has 0 spiro atoms. The summed E-state index contributed by atoms with van der Waals surface area (Å²) in [6.45, 7) is 9.28. The monoisotopic (exact) mass is 481 g/mol. The van der Waals surface area contributed by atoms with Gasteiger partial charge in [-0.2, -0.15) is 13.2 Å². The molecule has 2 heterocycles. The Balaban J connectivity index is 1.92. The fraction of sp³-hybridized carbons (Fsp3) is 0.480. The van der Waals surface area contributed by atoms with Crippen molar-refractivity contribution >= 4 is 11.0 Å². The average molecular weight is 482 g/mol. The van der Waals surface area contributed by atoms with Crippen molar-refractivity contribution in [3.05, 3.63) is 59.2 Å². The Morgan fingerprint density at radius 2 is 1.71 bits per heavy atom. The molecular weight excluding hydrogens is 450 g/mol. The smallest absolute Gasteiger partial charge is 0.417 e. The molecule has 1 atom stereocenters. The number of aliphatic hydroxyl groups is 1. The fourth-order valence-electron chi connectivity index (χ4n) is 4.42. The Bertz CT molecular complexity index is 1140. The molecule has 0 amide bonds. The number of phenolic OH excluding ortho intramolecular Hbond substituents is 1. The van der Waals surface area contributed by atoms with Crippen LogP contribution in [0, 0.1) is 5.82 Å². The SMILES string of the molecule is CCN(CC)Cc1ccc2[nH]c(CC(O)(CC(C)(C)c3cc(F)ccc3O)C(F)(F)F)cc2n1. The van der Waals surface area contributed by atoms with Gasteiger partial charge in [-0.05, 0) is 61.3 Å². The number of fused-ring (bicyclic) bond motifs is 1. The number of aromatic nitrogens is 2. The van der Waals surface area contributed by atoms with E-state index in [1.54, 1.807) is 6.07 Å². The molecule has 1 unspecified atom stereocenters. The zero-order chi connectivity index (χ0) is 25.3. The van der Waals surface area contributed by atoms with Gasteiger partial charge in [0.1, 0.15) is 11.6 Å². The van der Waals surface area contributed by atoms with Gasteiger partial charge in [-0.1, -0.05) is 27.7 Å². The van der Waals surface area contributed by atoms with Crippen LogP contribution in [0.2, 0.25) is 0 Å². The van der Waals surface area contributed by atoms with Crippen molar-refractivity contribution in [3.63, 3.8) is 0 Å². The summed E-state index contributed by atoms with van der Waals surface area (Å²) in [5.41, 5.74) is -2.43. The Kier molecular flexibility index (Phi) is 7.28. The van der Waals surface area contributed by atoms with Gasteiger partial charge in [-0.25, -0.2) is 9.37 Å². The van der Waals surface area contributed by atoms with E-state index < -0.39 is 35.9 Å². The number of pyridine rings is 1. The van der Waals surface area contributed by atoms with Gasteiger partial charge in [0.2, 0.25) is 0 Å². The van der Waals surface area contributed by atoms with Crippen LogP contribution < -0.4 is 0 Å². The first-order valence-corrected chi connectivity index (χ1v) is 11.3. The number of nitrogens with one attached hydrogen (secondary N) is 1. The summed E-state index contributed by atoms with van der Waals surface area (Å²) in [5.74, 6) is -1.01. The number of nitrogens with zero attached hydrogens (tertiary/aromatic N) is 2. The lowest BCUT2D eigenvalue weighted by Gasteiger charge is -2.38. The fourth-order valence-corrected chi connectivity index (χ4v) is 4.42. The minimum atomic E-state index is -4.97. The summed E-state index contributed by atoms with van der Waals surface area (Å²) in [4.78, 5) is 9.66. The topological polar surface area (TPSA) is 72.4 Å². The first-order chi connectivity index (χ1) is 15.8. The van der Waals surface area contributed by atoms with Gasteiger partial charge in [-0.3, -0.25) is 4.90 Å². The third-order valence-electron chi connectivity index (χ3n) is 6.30. The first-order valence-electron chi connectivity index (χ1n) is 11.3. The van der Waals surface area contributed by atoms with Crippen molar-refractivity contribution in [1.29, 1.82) is 0 Å². The number of aromatic hydroxyl groups is 1. The Hall–Kier alpha value is -2.65. The number of benzene rings is 1. The van der Waals surface area contributed by atoms with Crippen LogP contribution in [0.15, 0.2) is 36.4 Å². The van der Waals surface area contributed by atoms with Crippen molar-refractivity contribution in [2.45, 2.75) is 64.3 Å². The summed E-state index contributed by atoms with van der Waals surface area (Å²) >= 11 is 0. The Labute approximate surface area is 196 Å². The van der Waals surface area contributed by atoms with E-state index in [0.717, 1.165) is 37.0 Å². The van der Waals surface area contributed by atoms with Crippen molar-refractivity contribution in [2.75, 3.05) is 13.1 Å². The summed E-state index contributed by atoms with van der Waals surface area (Å²) in [6.07, 6.45) is -6.49. The van der Waals surface area contributed by atoms with E-state index in [-0.39, 0.29) is 17.0 Å². The second-order valence-electron chi connectivity index (χ2n) is 9.42. The molecule has 0 saturated carbocycles. The van der Waals surface area contributed by atoms with E-state index in [9.17, 15) is 27.8 Å². The van der Waals surface area contributed by atoms with E-state index in [0.29, 0.717) is 17.6 Å². The van der Waals surface area contributed by atoms with Gasteiger partial charge in [0.05, 0.1) is 16.7 Å². The molecule has 2 aromatic heterocycles. The van der Waals surface area contributed by atoms with Gasteiger partial charge in [-0.15, -0.1) is 0 Å². The van der Waals surface area contributed by atoms with Gasteiger partial charge in [0.15, 0.2) is 5.60 Å². The molecule has 0 aliphatic carbocycles. The maximum absolute atomic E-state index is 14.1. The summed E-state index contributed by atoms with van der Waals surface area (Å²) < 4.78 is 56.2. The highest BCUT2D eigenvalue weighted by Gasteiger charge is 2.56. The number of alkyl halides is 3.